The standard InChI is InChI=1S/C13H26N2O2/c1-13(2,6-3-7-14)10-15-12(16)11-4-8-17-9-5-11/h11H,3-10,14H2,1-2H3,(H,15,16). The average molecular weight is 242 g/mol. The second-order valence-electron chi connectivity index (χ2n) is 5.66. The van der Waals surface area contributed by atoms with Crippen LogP contribution in [0.15, 0.2) is 0 Å². The third kappa shape index (κ3) is 5.50. The summed E-state index contributed by atoms with van der Waals surface area (Å²) < 4.78 is 5.25. The van der Waals surface area contributed by atoms with E-state index in [1.807, 2.05) is 0 Å². The van der Waals surface area contributed by atoms with Crippen LogP contribution < -0.4 is 11.1 Å². The Kier molecular flexibility index (Phi) is 5.92. The Morgan fingerprint density at radius 3 is 2.65 bits per heavy atom. The van der Waals surface area contributed by atoms with E-state index in [-0.39, 0.29) is 17.2 Å². The zero-order valence-corrected chi connectivity index (χ0v) is 11.1. The zero-order chi connectivity index (χ0) is 12.7. The van der Waals surface area contributed by atoms with Crippen molar-refractivity contribution in [3.8, 4) is 0 Å². The summed E-state index contributed by atoms with van der Waals surface area (Å²) in [6.07, 6.45) is 3.78. The molecule has 0 unspecified atom stereocenters. The lowest BCUT2D eigenvalue weighted by molar-refractivity contribution is -0.128. The van der Waals surface area contributed by atoms with E-state index in [1.165, 1.54) is 0 Å². The topological polar surface area (TPSA) is 64.3 Å². The fraction of sp³-hybridized carbons (Fsp3) is 0.923. The molecule has 100 valence electrons. The molecule has 0 aromatic heterocycles. The summed E-state index contributed by atoms with van der Waals surface area (Å²) in [6, 6.07) is 0. The molecule has 3 N–H and O–H groups in total. The van der Waals surface area contributed by atoms with Crippen molar-refractivity contribution in [3.63, 3.8) is 0 Å². The SMILES string of the molecule is CC(C)(CCCN)CNC(=O)C1CCOCC1. The Morgan fingerprint density at radius 1 is 1.41 bits per heavy atom. The first-order valence-electron chi connectivity index (χ1n) is 6.61. The zero-order valence-electron chi connectivity index (χ0n) is 11.1. The molecule has 0 aromatic carbocycles. The number of hydrogen-bond donors (Lipinski definition) is 2. The predicted molar refractivity (Wildman–Crippen MR) is 68.6 cm³/mol. The van der Waals surface area contributed by atoms with Gasteiger partial charge in [-0.25, -0.2) is 0 Å². The van der Waals surface area contributed by atoms with Crippen molar-refractivity contribution in [3.05, 3.63) is 0 Å². The minimum atomic E-state index is 0.139. The molecular weight excluding hydrogens is 216 g/mol. The van der Waals surface area contributed by atoms with E-state index in [9.17, 15) is 4.79 Å². The molecule has 1 heterocycles. The molecule has 1 rings (SSSR count). The van der Waals surface area contributed by atoms with Crippen molar-refractivity contribution in [2.24, 2.45) is 17.1 Å². The summed E-state index contributed by atoms with van der Waals surface area (Å²) >= 11 is 0. The van der Waals surface area contributed by atoms with Gasteiger partial charge in [0.05, 0.1) is 0 Å². The van der Waals surface area contributed by atoms with E-state index in [0.29, 0.717) is 13.2 Å². The Labute approximate surface area is 104 Å². The Morgan fingerprint density at radius 2 is 2.06 bits per heavy atom. The van der Waals surface area contributed by atoms with E-state index >= 15 is 0 Å². The van der Waals surface area contributed by atoms with Crippen LogP contribution >= 0.6 is 0 Å². The maximum atomic E-state index is 11.9. The van der Waals surface area contributed by atoms with Crippen molar-refractivity contribution in [1.29, 1.82) is 0 Å². The minimum absolute atomic E-state index is 0.139. The first kappa shape index (κ1) is 14.5. The molecule has 0 spiro atoms. The van der Waals surface area contributed by atoms with Crippen LogP contribution in [0.3, 0.4) is 0 Å². The van der Waals surface area contributed by atoms with Gasteiger partial charge in [-0.2, -0.15) is 0 Å². The number of carbonyl (C=O) groups is 1. The predicted octanol–water partition coefficient (Wildman–Crippen LogP) is 1.29. The van der Waals surface area contributed by atoms with E-state index in [0.717, 1.165) is 38.8 Å². The molecule has 0 radical (unpaired) electrons. The fourth-order valence-corrected chi connectivity index (χ4v) is 2.10. The highest BCUT2D eigenvalue weighted by molar-refractivity contribution is 5.78. The van der Waals surface area contributed by atoms with Gasteiger partial charge >= 0.3 is 0 Å². The van der Waals surface area contributed by atoms with Crippen LogP contribution in [0.2, 0.25) is 0 Å². The number of nitrogens with one attached hydrogen (secondary N) is 1. The number of ether oxygens (including phenoxy) is 1. The van der Waals surface area contributed by atoms with Crippen molar-refractivity contribution in [2.45, 2.75) is 39.5 Å². The summed E-state index contributed by atoms with van der Waals surface area (Å²) in [7, 11) is 0. The van der Waals surface area contributed by atoms with Gasteiger partial charge in [-0.3, -0.25) is 4.79 Å². The van der Waals surface area contributed by atoms with Gasteiger partial charge in [0.25, 0.3) is 0 Å². The van der Waals surface area contributed by atoms with E-state index < -0.39 is 0 Å². The van der Waals surface area contributed by atoms with Gasteiger partial charge in [-0.15, -0.1) is 0 Å². The van der Waals surface area contributed by atoms with Crippen molar-refractivity contribution >= 4 is 5.91 Å². The van der Waals surface area contributed by atoms with E-state index in [4.69, 9.17) is 10.5 Å². The highest BCUT2D eigenvalue weighted by Gasteiger charge is 2.24. The first-order chi connectivity index (χ1) is 8.05. The average Bonchev–Trinajstić information content (AvgIpc) is 2.35. The molecule has 0 aromatic rings. The lowest BCUT2D eigenvalue weighted by Crippen LogP contribution is -2.39. The van der Waals surface area contributed by atoms with Gasteiger partial charge in [0, 0.05) is 25.7 Å². The molecule has 0 saturated carbocycles. The summed E-state index contributed by atoms with van der Waals surface area (Å²) in [5.41, 5.74) is 5.65. The molecule has 17 heavy (non-hydrogen) atoms. The summed E-state index contributed by atoms with van der Waals surface area (Å²) in [6.45, 7) is 7.24. The maximum Gasteiger partial charge on any atom is 0.223 e. The number of carbonyl (C=O) groups excluding carboxylic acids is 1. The molecule has 1 saturated heterocycles. The number of hydrogen-bond acceptors (Lipinski definition) is 3. The summed E-state index contributed by atoms with van der Waals surface area (Å²) in [5.74, 6) is 0.336. The van der Waals surface area contributed by atoms with Crippen LogP contribution in [-0.4, -0.2) is 32.2 Å². The Balaban J connectivity index is 2.26. The molecular formula is C13H26N2O2. The smallest absolute Gasteiger partial charge is 0.223 e. The fourth-order valence-electron chi connectivity index (χ4n) is 2.10. The molecule has 0 atom stereocenters. The van der Waals surface area contributed by atoms with Gasteiger partial charge in [-0.05, 0) is 37.6 Å². The molecule has 4 nitrogen and oxygen atoms in total. The van der Waals surface area contributed by atoms with E-state index in [1.54, 1.807) is 0 Å². The van der Waals surface area contributed by atoms with Gasteiger partial charge in [0.2, 0.25) is 5.91 Å². The van der Waals surface area contributed by atoms with E-state index in [2.05, 4.69) is 19.2 Å². The molecule has 1 aliphatic rings. The first-order valence-corrected chi connectivity index (χ1v) is 6.61. The number of amides is 1. The highest BCUT2D eigenvalue weighted by atomic mass is 16.5. The molecule has 0 bridgehead atoms. The van der Waals surface area contributed by atoms with Crippen LogP contribution in [0.5, 0.6) is 0 Å². The lowest BCUT2D eigenvalue weighted by Gasteiger charge is -2.27. The van der Waals surface area contributed by atoms with Crippen LogP contribution in [-0.2, 0) is 9.53 Å². The molecule has 1 fully saturated rings. The summed E-state index contributed by atoms with van der Waals surface area (Å²) in [4.78, 5) is 11.9. The second kappa shape index (κ2) is 6.97. The number of nitrogens with two attached hydrogens (primary N) is 1. The third-order valence-corrected chi connectivity index (χ3v) is 3.39. The number of rotatable bonds is 6. The summed E-state index contributed by atoms with van der Waals surface area (Å²) in [5, 5.41) is 3.07. The van der Waals surface area contributed by atoms with Gasteiger partial charge in [0.15, 0.2) is 0 Å². The van der Waals surface area contributed by atoms with Crippen LogP contribution in [0.25, 0.3) is 0 Å². The Hall–Kier alpha value is -0.610. The molecule has 1 amide bonds. The normalized spacial score (nSPS) is 18.1. The van der Waals surface area contributed by atoms with Crippen LogP contribution in [0.1, 0.15) is 39.5 Å². The maximum absolute atomic E-state index is 11.9. The van der Waals surface area contributed by atoms with Crippen molar-refractivity contribution < 1.29 is 9.53 Å². The van der Waals surface area contributed by atoms with Crippen LogP contribution in [0.4, 0.5) is 0 Å². The largest absolute Gasteiger partial charge is 0.381 e. The van der Waals surface area contributed by atoms with Gasteiger partial charge < -0.3 is 15.8 Å². The Bertz CT molecular complexity index is 236. The van der Waals surface area contributed by atoms with Gasteiger partial charge in [0.1, 0.15) is 0 Å². The monoisotopic (exact) mass is 242 g/mol. The molecule has 0 aliphatic carbocycles. The lowest BCUT2D eigenvalue weighted by atomic mass is 9.87. The third-order valence-electron chi connectivity index (χ3n) is 3.39. The highest BCUT2D eigenvalue weighted by Crippen LogP contribution is 2.21. The molecule has 4 heteroatoms. The van der Waals surface area contributed by atoms with Crippen molar-refractivity contribution in [2.75, 3.05) is 26.3 Å². The quantitative estimate of drug-likeness (QED) is 0.738. The molecule has 1 aliphatic heterocycles. The second-order valence-corrected chi connectivity index (χ2v) is 5.66. The minimum Gasteiger partial charge on any atom is -0.381 e. The van der Waals surface area contributed by atoms with Crippen molar-refractivity contribution in [1.82, 2.24) is 5.32 Å². The van der Waals surface area contributed by atoms with Gasteiger partial charge in [-0.1, -0.05) is 13.8 Å². The van der Waals surface area contributed by atoms with Crippen LogP contribution in [0, 0.1) is 11.3 Å².